The van der Waals surface area contributed by atoms with Crippen molar-refractivity contribution in [3.8, 4) is 0 Å². The van der Waals surface area contributed by atoms with E-state index < -0.39 is 23.6 Å². The van der Waals surface area contributed by atoms with E-state index in [1.807, 2.05) is 0 Å². The van der Waals surface area contributed by atoms with Gasteiger partial charge in [-0.15, -0.1) is 0 Å². The van der Waals surface area contributed by atoms with Gasteiger partial charge < -0.3 is 9.30 Å². The first-order valence-electron chi connectivity index (χ1n) is 7.71. The number of fused-ring (bicyclic) bond motifs is 1. The highest BCUT2D eigenvalue weighted by Gasteiger charge is 2.30. The van der Waals surface area contributed by atoms with Gasteiger partial charge in [0.05, 0.1) is 22.9 Å². The molecule has 0 N–H and O–H groups in total. The smallest absolute Gasteiger partial charge is 0.416 e. The number of benzene rings is 2. The zero-order valence-electron chi connectivity index (χ0n) is 14.0. The third-order valence-electron chi connectivity index (χ3n) is 3.74. The summed E-state index contributed by atoms with van der Waals surface area (Å²) in [4.78, 5) is 28.3. The Kier molecular flexibility index (Phi) is 5.13. The molecule has 1 heterocycles. The zero-order valence-corrected chi connectivity index (χ0v) is 14.8. The third kappa shape index (κ3) is 4.08. The molecule has 0 bridgehead atoms. The van der Waals surface area contributed by atoms with E-state index in [1.165, 1.54) is 17.7 Å². The molecule has 0 saturated heterocycles. The van der Waals surface area contributed by atoms with E-state index in [2.05, 4.69) is 9.73 Å². The van der Waals surface area contributed by atoms with Gasteiger partial charge in [-0.2, -0.15) is 18.2 Å². The second-order valence-electron chi connectivity index (χ2n) is 5.51. The van der Waals surface area contributed by atoms with E-state index in [9.17, 15) is 22.8 Å². The van der Waals surface area contributed by atoms with Gasteiger partial charge in [0.1, 0.15) is 6.54 Å². The predicted octanol–water partition coefficient (Wildman–Crippen LogP) is 3.64. The largest absolute Gasteiger partial charge is 0.468 e. The summed E-state index contributed by atoms with van der Waals surface area (Å²) in [6.45, 7) is -0.171. The number of esters is 1. The van der Waals surface area contributed by atoms with Crippen LogP contribution in [0.3, 0.4) is 0 Å². The summed E-state index contributed by atoms with van der Waals surface area (Å²) in [5.74, 6) is -1.36. The SMILES string of the molecule is COC(=O)Cn1c(=NC(=O)c2cccc(C(F)(F)F)c2)sc2ccccc21. The Morgan fingerprint density at radius 2 is 1.89 bits per heavy atom. The average molecular weight is 394 g/mol. The molecule has 27 heavy (non-hydrogen) atoms. The van der Waals surface area contributed by atoms with Crippen LogP contribution in [0.25, 0.3) is 10.2 Å². The number of nitrogens with zero attached hydrogens (tertiary/aromatic N) is 2. The van der Waals surface area contributed by atoms with E-state index in [0.29, 0.717) is 5.52 Å². The van der Waals surface area contributed by atoms with Gasteiger partial charge in [-0.1, -0.05) is 29.5 Å². The lowest BCUT2D eigenvalue weighted by molar-refractivity contribution is -0.141. The van der Waals surface area contributed by atoms with Crippen molar-refractivity contribution in [2.75, 3.05) is 7.11 Å². The zero-order chi connectivity index (χ0) is 19.6. The van der Waals surface area contributed by atoms with Crippen molar-refractivity contribution in [3.63, 3.8) is 0 Å². The molecule has 0 aliphatic carbocycles. The average Bonchev–Trinajstić information content (AvgIpc) is 2.98. The van der Waals surface area contributed by atoms with E-state index in [4.69, 9.17) is 0 Å². The van der Waals surface area contributed by atoms with Crippen molar-refractivity contribution in [1.29, 1.82) is 0 Å². The van der Waals surface area contributed by atoms with Crippen LogP contribution in [0.15, 0.2) is 53.5 Å². The summed E-state index contributed by atoms with van der Waals surface area (Å²) in [5.41, 5.74) is -0.447. The minimum Gasteiger partial charge on any atom is -0.468 e. The molecule has 0 unspecified atom stereocenters. The number of hydrogen-bond acceptors (Lipinski definition) is 4. The fourth-order valence-electron chi connectivity index (χ4n) is 2.43. The quantitative estimate of drug-likeness (QED) is 0.638. The number of ether oxygens (including phenoxy) is 1. The molecular formula is C18H13F3N2O3S. The molecule has 2 aromatic carbocycles. The molecule has 3 aromatic rings. The van der Waals surface area contributed by atoms with E-state index >= 15 is 0 Å². The molecule has 0 radical (unpaired) electrons. The molecule has 0 spiro atoms. The number of carbonyl (C=O) groups is 2. The van der Waals surface area contributed by atoms with Gasteiger partial charge in [-0.05, 0) is 30.3 Å². The normalized spacial score (nSPS) is 12.4. The third-order valence-corrected chi connectivity index (χ3v) is 4.80. The number of methoxy groups -OCH3 is 1. The van der Waals surface area contributed by atoms with Crippen molar-refractivity contribution < 1.29 is 27.5 Å². The molecule has 0 saturated carbocycles. The number of carbonyl (C=O) groups excluding carboxylic acids is 2. The molecular weight excluding hydrogens is 381 g/mol. The van der Waals surface area contributed by atoms with Gasteiger partial charge in [-0.3, -0.25) is 9.59 Å². The number of rotatable bonds is 3. The minimum absolute atomic E-state index is 0.171. The number of halogens is 3. The van der Waals surface area contributed by atoms with Crippen LogP contribution in [0.1, 0.15) is 15.9 Å². The van der Waals surface area contributed by atoms with Gasteiger partial charge in [0.25, 0.3) is 5.91 Å². The van der Waals surface area contributed by atoms with Gasteiger partial charge in [0.2, 0.25) is 0 Å². The number of alkyl halides is 3. The highest BCUT2D eigenvalue weighted by Crippen LogP contribution is 2.29. The highest BCUT2D eigenvalue weighted by atomic mass is 32.1. The number of hydrogen-bond donors (Lipinski definition) is 0. The lowest BCUT2D eigenvalue weighted by atomic mass is 10.1. The number of aromatic nitrogens is 1. The van der Waals surface area contributed by atoms with Crippen molar-refractivity contribution in [1.82, 2.24) is 4.57 Å². The van der Waals surface area contributed by atoms with Gasteiger partial charge in [-0.25, -0.2) is 0 Å². The van der Waals surface area contributed by atoms with Crippen LogP contribution in [0.4, 0.5) is 13.2 Å². The first-order chi connectivity index (χ1) is 12.8. The molecule has 0 fully saturated rings. The van der Waals surface area contributed by atoms with Gasteiger partial charge in [0.15, 0.2) is 4.80 Å². The Balaban J connectivity index is 2.09. The molecule has 0 aliphatic heterocycles. The summed E-state index contributed by atoms with van der Waals surface area (Å²) in [7, 11) is 1.24. The van der Waals surface area contributed by atoms with Gasteiger partial charge in [0, 0.05) is 5.56 Å². The summed E-state index contributed by atoms with van der Waals surface area (Å²) in [5, 5.41) is 0. The molecule has 9 heteroatoms. The van der Waals surface area contributed by atoms with Crippen molar-refractivity contribution in [2.45, 2.75) is 12.7 Å². The fourth-order valence-corrected chi connectivity index (χ4v) is 3.46. The molecule has 1 aromatic heterocycles. The van der Waals surface area contributed by atoms with Crippen LogP contribution >= 0.6 is 11.3 Å². The number of para-hydroxylation sites is 1. The van der Waals surface area contributed by atoms with Crippen LogP contribution in [-0.2, 0) is 22.3 Å². The van der Waals surface area contributed by atoms with Crippen LogP contribution in [0.2, 0.25) is 0 Å². The predicted molar refractivity (Wildman–Crippen MR) is 93.2 cm³/mol. The topological polar surface area (TPSA) is 60.7 Å². The van der Waals surface area contributed by atoms with Crippen molar-refractivity contribution in [2.24, 2.45) is 4.99 Å². The molecule has 0 atom stereocenters. The lowest BCUT2D eigenvalue weighted by Gasteiger charge is -2.07. The Morgan fingerprint density at radius 1 is 1.15 bits per heavy atom. The van der Waals surface area contributed by atoms with Crippen LogP contribution in [0, 0.1) is 0 Å². The Labute approximate surface area is 155 Å². The number of thiazole rings is 1. The Morgan fingerprint density at radius 3 is 2.59 bits per heavy atom. The van der Waals surface area contributed by atoms with E-state index in [-0.39, 0.29) is 16.9 Å². The minimum atomic E-state index is -4.56. The molecule has 140 valence electrons. The molecule has 1 amide bonds. The standard InChI is InChI=1S/C18H13F3N2O3S/c1-26-15(24)10-23-13-7-2-3-8-14(13)27-17(23)22-16(25)11-5-4-6-12(9-11)18(19,20)21/h2-9H,10H2,1H3. The van der Waals surface area contributed by atoms with Gasteiger partial charge >= 0.3 is 12.1 Å². The van der Waals surface area contributed by atoms with E-state index in [1.54, 1.807) is 24.3 Å². The highest BCUT2D eigenvalue weighted by molar-refractivity contribution is 7.16. The summed E-state index contributed by atoms with van der Waals surface area (Å²) in [6.07, 6.45) is -4.56. The van der Waals surface area contributed by atoms with Crippen LogP contribution in [-0.4, -0.2) is 23.6 Å². The summed E-state index contributed by atoms with van der Waals surface area (Å²) < 4.78 is 45.5. The molecule has 3 rings (SSSR count). The summed E-state index contributed by atoms with van der Waals surface area (Å²) >= 11 is 1.15. The van der Waals surface area contributed by atoms with E-state index in [0.717, 1.165) is 34.2 Å². The second-order valence-corrected chi connectivity index (χ2v) is 6.52. The maximum Gasteiger partial charge on any atom is 0.416 e. The molecule has 5 nitrogen and oxygen atoms in total. The Bertz CT molecular complexity index is 1080. The van der Waals surface area contributed by atoms with Crippen molar-refractivity contribution in [3.05, 3.63) is 64.5 Å². The first-order valence-corrected chi connectivity index (χ1v) is 8.53. The summed E-state index contributed by atoms with van der Waals surface area (Å²) in [6, 6.07) is 11.2. The Hall–Kier alpha value is -2.94. The maximum atomic E-state index is 12.8. The van der Waals surface area contributed by atoms with Crippen LogP contribution in [0.5, 0.6) is 0 Å². The van der Waals surface area contributed by atoms with Crippen LogP contribution < -0.4 is 4.80 Å². The monoisotopic (exact) mass is 394 g/mol. The number of amides is 1. The van der Waals surface area contributed by atoms with Crippen molar-refractivity contribution >= 4 is 33.4 Å². The maximum absolute atomic E-state index is 12.8. The fraction of sp³-hybridized carbons (Fsp3) is 0.167. The molecule has 0 aliphatic rings. The second kappa shape index (κ2) is 7.36. The first kappa shape index (κ1) is 18.8. The lowest BCUT2D eigenvalue weighted by Crippen LogP contribution is -2.22.